The predicted molar refractivity (Wildman–Crippen MR) is 111 cm³/mol. The maximum absolute atomic E-state index is 14.5. The Hall–Kier alpha value is -2.96. The molecular formula is C20H14Cl2FN5. The van der Waals surface area contributed by atoms with E-state index in [0.29, 0.717) is 32.4 Å². The lowest BCUT2D eigenvalue weighted by Crippen LogP contribution is -2.09. The Morgan fingerprint density at radius 3 is 2.43 bits per heavy atom. The van der Waals surface area contributed by atoms with Gasteiger partial charge in [-0.2, -0.15) is 4.98 Å². The van der Waals surface area contributed by atoms with Crippen molar-refractivity contribution in [3.8, 4) is 11.3 Å². The minimum atomic E-state index is -0.703. The standard InChI is InChI=1S/C20H14Cl2FN5/c21-13-6-2-1-5-12(13)17-11(8-10-4-3-7-14(22)18(10)27-17)9-15-16(23)19(24)28-20(25)26-15/h1-8H,9H2,(H4,24,25,26,28). The summed E-state index contributed by atoms with van der Waals surface area (Å²) in [5, 5.41) is 1.85. The zero-order valence-electron chi connectivity index (χ0n) is 14.5. The number of aromatic nitrogens is 3. The molecule has 0 aliphatic rings. The van der Waals surface area contributed by atoms with Gasteiger partial charge in [-0.1, -0.05) is 53.5 Å². The summed E-state index contributed by atoms with van der Waals surface area (Å²) in [6, 6.07) is 14.6. The van der Waals surface area contributed by atoms with Crippen molar-refractivity contribution in [2.24, 2.45) is 0 Å². The number of rotatable bonds is 3. The lowest BCUT2D eigenvalue weighted by molar-refractivity contribution is 0.603. The molecule has 8 heteroatoms. The van der Waals surface area contributed by atoms with Crippen LogP contribution in [0.2, 0.25) is 10.0 Å². The summed E-state index contributed by atoms with van der Waals surface area (Å²) in [7, 11) is 0. The van der Waals surface area contributed by atoms with Gasteiger partial charge in [0.2, 0.25) is 5.95 Å². The molecule has 2 aromatic carbocycles. The molecule has 28 heavy (non-hydrogen) atoms. The number of benzene rings is 2. The Bertz CT molecular complexity index is 1210. The van der Waals surface area contributed by atoms with Crippen LogP contribution in [0.5, 0.6) is 0 Å². The first-order chi connectivity index (χ1) is 13.4. The molecule has 140 valence electrons. The molecule has 0 fully saturated rings. The predicted octanol–water partition coefficient (Wildman–Crippen LogP) is 4.89. The number of nitrogens with zero attached hydrogens (tertiary/aromatic N) is 3. The molecule has 0 unspecified atom stereocenters. The van der Waals surface area contributed by atoms with Crippen LogP contribution in [-0.2, 0) is 6.42 Å². The molecule has 0 spiro atoms. The number of hydrogen-bond acceptors (Lipinski definition) is 5. The van der Waals surface area contributed by atoms with E-state index in [4.69, 9.17) is 39.7 Å². The van der Waals surface area contributed by atoms with Gasteiger partial charge in [-0.3, -0.25) is 0 Å². The van der Waals surface area contributed by atoms with Crippen LogP contribution in [0.3, 0.4) is 0 Å². The number of hydrogen-bond donors (Lipinski definition) is 2. The van der Waals surface area contributed by atoms with Crippen LogP contribution in [0.1, 0.15) is 11.3 Å². The first kappa shape index (κ1) is 18.4. The molecule has 0 amide bonds. The van der Waals surface area contributed by atoms with Gasteiger partial charge in [0.25, 0.3) is 0 Å². The monoisotopic (exact) mass is 413 g/mol. The van der Waals surface area contributed by atoms with Crippen LogP contribution in [-0.4, -0.2) is 15.0 Å². The Morgan fingerprint density at radius 1 is 0.893 bits per heavy atom. The molecule has 0 radical (unpaired) electrons. The van der Waals surface area contributed by atoms with Gasteiger partial charge in [0.1, 0.15) is 0 Å². The SMILES string of the molecule is Nc1nc(N)c(F)c(Cc2cc3cccc(Cl)c3nc2-c2ccccc2Cl)n1. The molecule has 0 aliphatic carbocycles. The molecule has 0 aliphatic heterocycles. The summed E-state index contributed by atoms with van der Waals surface area (Å²) >= 11 is 12.7. The molecule has 2 aromatic heterocycles. The number of nitrogens with two attached hydrogens (primary N) is 2. The topological polar surface area (TPSA) is 90.7 Å². The highest BCUT2D eigenvalue weighted by Gasteiger charge is 2.18. The molecule has 4 aromatic rings. The lowest BCUT2D eigenvalue weighted by Gasteiger charge is -2.13. The second-order valence-electron chi connectivity index (χ2n) is 6.19. The molecule has 0 saturated carbocycles. The Balaban J connectivity index is 1.97. The first-order valence-corrected chi connectivity index (χ1v) is 9.10. The molecule has 2 heterocycles. The number of para-hydroxylation sites is 1. The summed E-state index contributed by atoms with van der Waals surface area (Å²) in [6.07, 6.45) is 0.110. The van der Waals surface area contributed by atoms with Crippen molar-refractivity contribution in [3.63, 3.8) is 0 Å². The van der Waals surface area contributed by atoms with Gasteiger partial charge in [-0.15, -0.1) is 0 Å². The molecule has 4 N–H and O–H groups in total. The number of fused-ring (bicyclic) bond motifs is 1. The van der Waals surface area contributed by atoms with Gasteiger partial charge in [0, 0.05) is 22.4 Å². The van der Waals surface area contributed by atoms with E-state index < -0.39 is 5.82 Å². The van der Waals surface area contributed by atoms with Gasteiger partial charge < -0.3 is 11.5 Å². The van der Waals surface area contributed by atoms with Crippen LogP contribution in [0.25, 0.3) is 22.2 Å². The van der Waals surface area contributed by atoms with E-state index in [1.165, 1.54) is 0 Å². The second kappa shape index (κ2) is 7.22. The van der Waals surface area contributed by atoms with Crippen molar-refractivity contribution in [2.75, 3.05) is 11.5 Å². The maximum atomic E-state index is 14.5. The van der Waals surface area contributed by atoms with Gasteiger partial charge >= 0.3 is 0 Å². The number of pyridine rings is 1. The summed E-state index contributed by atoms with van der Waals surface area (Å²) in [5.41, 5.74) is 14.0. The second-order valence-corrected chi connectivity index (χ2v) is 7.01. The molecular weight excluding hydrogens is 400 g/mol. The summed E-state index contributed by atoms with van der Waals surface area (Å²) in [6.45, 7) is 0. The number of halogens is 3. The van der Waals surface area contributed by atoms with Crippen molar-refractivity contribution in [1.29, 1.82) is 0 Å². The van der Waals surface area contributed by atoms with E-state index >= 15 is 0 Å². The minimum Gasteiger partial charge on any atom is -0.381 e. The Labute approximate surface area is 170 Å². The van der Waals surface area contributed by atoms with Crippen LogP contribution < -0.4 is 11.5 Å². The molecule has 0 bridgehead atoms. The quantitative estimate of drug-likeness (QED) is 0.498. The fourth-order valence-corrected chi connectivity index (χ4v) is 3.51. The van der Waals surface area contributed by atoms with Crippen LogP contribution in [0.15, 0.2) is 48.5 Å². The van der Waals surface area contributed by atoms with E-state index in [9.17, 15) is 4.39 Å². The molecule has 4 rings (SSSR count). The third-order valence-corrected chi connectivity index (χ3v) is 4.96. The average molecular weight is 414 g/mol. The highest BCUT2D eigenvalue weighted by Crippen LogP contribution is 2.34. The zero-order valence-corrected chi connectivity index (χ0v) is 16.0. The minimum absolute atomic E-state index is 0.0847. The van der Waals surface area contributed by atoms with Crippen LogP contribution in [0.4, 0.5) is 16.2 Å². The molecule has 0 atom stereocenters. The third kappa shape index (κ3) is 3.32. The Kier molecular flexibility index (Phi) is 4.75. The number of anilines is 2. The summed E-state index contributed by atoms with van der Waals surface area (Å²) in [4.78, 5) is 12.4. The summed E-state index contributed by atoms with van der Waals surface area (Å²) in [5.74, 6) is -1.09. The van der Waals surface area contributed by atoms with Crippen molar-refractivity contribution in [3.05, 3.63) is 75.7 Å². The highest BCUT2D eigenvalue weighted by atomic mass is 35.5. The molecule has 0 saturated heterocycles. The van der Waals surface area contributed by atoms with Crippen molar-refractivity contribution in [1.82, 2.24) is 15.0 Å². The van der Waals surface area contributed by atoms with Gasteiger partial charge in [0.05, 0.1) is 21.9 Å². The van der Waals surface area contributed by atoms with Gasteiger partial charge in [0.15, 0.2) is 11.6 Å². The van der Waals surface area contributed by atoms with E-state index in [2.05, 4.69) is 9.97 Å². The van der Waals surface area contributed by atoms with Crippen molar-refractivity contribution < 1.29 is 4.39 Å². The average Bonchev–Trinajstić information content (AvgIpc) is 2.66. The zero-order chi connectivity index (χ0) is 19.8. The number of nitrogen functional groups attached to an aromatic ring is 2. The van der Waals surface area contributed by atoms with Gasteiger partial charge in [-0.05, 0) is 23.8 Å². The van der Waals surface area contributed by atoms with Crippen LogP contribution in [0, 0.1) is 5.82 Å². The first-order valence-electron chi connectivity index (χ1n) is 8.34. The smallest absolute Gasteiger partial charge is 0.222 e. The van der Waals surface area contributed by atoms with E-state index in [0.717, 1.165) is 5.39 Å². The van der Waals surface area contributed by atoms with Crippen LogP contribution >= 0.6 is 23.2 Å². The van der Waals surface area contributed by atoms with E-state index in [1.54, 1.807) is 12.1 Å². The lowest BCUT2D eigenvalue weighted by atomic mass is 9.99. The fraction of sp³-hybridized carbons (Fsp3) is 0.0500. The van der Waals surface area contributed by atoms with Crippen molar-refractivity contribution >= 4 is 45.9 Å². The molecule has 5 nitrogen and oxygen atoms in total. The van der Waals surface area contributed by atoms with E-state index in [1.807, 2.05) is 36.4 Å². The van der Waals surface area contributed by atoms with Gasteiger partial charge in [-0.25, -0.2) is 14.4 Å². The van der Waals surface area contributed by atoms with E-state index in [-0.39, 0.29) is 23.9 Å². The summed E-state index contributed by atoms with van der Waals surface area (Å²) < 4.78 is 14.5. The third-order valence-electron chi connectivity index (χ3n) is 4.33. The normalized spacial score (nSPS) is 11.1. The fourth-order valence-electron chi connectivity index (χ4n) is 3.06. The maximum Gasteiger partial charge on any atom is 0.222 e. The highest BCUT2D eigenvalue weighted by molar-refractivity contribution is 6.35. The Morgan fingerprint density at radius 2 is 1.64 bits per heavy atom. The van der Waals surface area contributed by atoms with Crippen molar-refractivity contribution in [2.45, 2.75) is 6.42 Å². The largest absolute Gasteiger partial charge is 0.381 e.